The van der Waals surface area contributed by atoms with E-state index in [1.165, 1.54) is 17.2 Å². The minimum Gasteiger partial charge on any atom is -0.493 e. The molecule has 1 aliphatic heterocycles. The molecule has 0 saturated carbocycles. The van der Waals surface area contributed by atoms with Gasteiger partial charge in [0.1, 0.15) is 21.9 Å². The van der Waals surface area contributed by atoms with Crippen molar-refractivity contribution in [3.8, 4) is 17.0 Å². The van der Waals surface area contributed by atoms with Crippen LogP contribution >= 0.6 is 0 Å². The van der Waals surface area contributed by atoms with E-state index in [0.29, 0.717) is 25.0 Å². The van der Waals surface area contributed by atoms with Gasteiger partial charge in [-0.05, 0) is 80.1 Å². The van der Waals surface area contributed by atoms with Crippen LogP contribution in [0.4, 0.5) is 0 Å². The summed E-state index contributed by atoms with van der Waals surface area (Å²) in [5.41, 5.74) is 6.53. The number of aryl methyl sites for hydroxylation is 1. The highest BCUT2D eigenvalue weighted by atomic mass is 32.2. The fourth-order valence-corrected chi connectivity index (χ4v) is 5.82. The van der Waals surface area contributed by atoms with Crippen LogP contribution in [0.2, 0.25) is 0 Å². The van der Waals surface area contributed by atoms with E-state index >= 15 is 0 Å². The average molecular weight is 510 g/mol. The van der Waals surface area contributed by atoms with Crippen LogP contribution in [0.3, 0.4) is 0 Å². The minimum atomic E-state index is -2.91. The van der Waals surface area contributed by atoms with Gasteiger partial charge < -0.3 is 14.6 Å². The lowest BCUT2D eigenvalue weighted by Gasteiger charge is -2.31. The van der Waals surface area contributed by atoms with Gasteiger partial charge >= 0.3 is 0 Å². The number of aromatic amines is 1. The number of ether oxygens (including phenoxy) is 1. The third-order valence-electron chi connectivity index (χ3n) is 7.21. The lowest BCUT2D eigenvalue weighted by Crippen LogP contribution is -2.38. The summed E-state index contributed by atoms with van der Waals surface area (Å²) in [5, 5.41) is 5.53. The van der Waals surface area contributed by atoms with Gasteiger partial charge in [-0.25, -0.2) is 17.9 Å². The van der Waals surface area contributed by atoms with E-state index in [-0.39, 0.29) is 5.75 Å². The van der Waals surface area contributed by atoms with Crippen LogP contribution in [0.25, 0.3) is 27.8 Å². The Morgan fingerprint density at radius 2 is 1.97 bits per heavy atom. The molecule has 0 radical (unpaired) electrons. The lowest BCUT2D eigenvalue weighted by atomic mass is 9.96. The second-order valence-corrected chi connectivity index (χ2v) is 12.7. The fourth-order valence-electron chi connectivity index (χ4n) is 5.23. The average Bonchev–Trinajstić information content (AvgIpc) is 3.46. The predicted molar refractivity (Wildman–Crippen MR) is 143 cm³/mol. The van der Waals surface area contributed by atoms with Crippen LogP contribution in [-0.4, -0.2) is 71.1 Å². The molecule has 1 aromatic carbocycles. The highest BCUT2D eigenvalue weighted by molar-refractivity contribution is 7.90. The standard InChI is InChI=1S/C27H35N5O3S/c1-18(2)25-23-14-22(35-16-20-7-9-31(10-8-20)11-12-36(4,33)34)5-6-24(23)30-26(25)21-13-19(3)27-28-17-29-32(27)15-21/h5-6,13-15,17-18,20,30H,7-12,16H2,1-4H3. The Balaban J connectivity index is 1.31. The monoisotopic (exact) mass is 509 g/mol. The Labute approximate surface area is 212 Å². The van der Waals surface area contributed by atoms with Gasteiger partial charge in [0.25, 0.3) is 0 Å². The maximum atomic E-state index is 11.4. The van der Waals surface area contributed by atoms with Crippen molar-refractivity contribution in [1.29, 1.82) is 0 Å². The molecule has 4 heterocycles. The van der Waals surface area contributed by atoms with Gasteiger partial charge in [-0.2, -0.15) is 5.10 Å². The van der Waals surface area contributed by atoms with E-state index in [0.717, 1.165) is 59.7 Å². The van der Waals surface area contributed by atoms with Crippen molar-refractivity contribution in [1.82, 2.24) is 24.5 Å². The molecular formula is C27H35N5O3S. The minimum absolute atomic E-state index is 0.233. The Bertz CT molecular complexity index is 1480. The summed E-state index contributed by atoms with van der Waals surface area (Å²) in [6.07, 6.45) is 6.98. The number of hydrogen-bond acceptors (Lipinski definition) is 6. The summed E-state index contributed by atoms with van der Waals surface area (Å²) in [6, 6.07) is 8.47. The van der Waals surface area contributed by atoms with Crippen LogP contribution in [0.1, 0.15) is 43.7 Å². The van der Waals surface area contributed by atoms with Gasteiger partial charge in [-0.15, -0.1) is 0 Å². The molecule has 1 saturated heterocycles. The molecular weight excluding hydrogens is 474 g/mol. The first-order chi connectivity index (χ1) is 17.2. The smallest absolute Gasteiger partial charge is 0.158 e. The topological polar surface area (TPSA) is 92.6 Å². The van der Waals surface area contributed by atoms with Crippen LogP contribution < -0.4 is 4.74 Å². The van der Waals surface area contributed by atoms with E-state index in [2.05, 4.69) is 58.9 Å². The number of likely N-dealkylation sites (tertiary alicyclic amines) is 1. The molecule has 36 heavy (non-hydrogen) atoms. The molecule has 1 fully saturated rings. The Morgan fingerprint density at radius 1 is 1.19 bits per heavy atom. The first-order valence-electron chi connectivity index (χ1n) is 12.7. The number of rotatable bonds is 8. The highest BCUT2D eigenvalue weighted by Crippen LogP contribution is 2.37. The SMILES string of the molecule is Cc1cc(-c2[nH]c3ccc(OCC4CCN(CCS(C)(=O)=O)CC4)cc3c2C(C)C)cn2ncnc12. The van der Waals surface area contributed by atoms with Crippen molar-refractivity contribution in [3.05, 3.63) is 47.9 Å². The van der Waals surface area contributed by atoms with Crippen LogP contribution in [-0.2, 0) is 9.84 Å². The van der Waals surface area contributed by atoms with Crippen molar-refractivity contribution in [3.63, 3.8) is 0 Å². The third-order valence-corrected chi connectivity index (χ3v) is 8.13. The Kier molecular flexibility index (Phi) is 6.78. The first kappa shape index (κ1) is 24.8. The third kappa shape index (κ3) is 5.27. The number of fused-ring (bicyclic) bond motifs is 2. The Morgan fingerprint density at radius 3 is 2.69 bits per heavy atom. The fraction of sp³-hybridized carbons (Fsp3) is 0.481. The maximum Gasteiger partial charge on any atom is 0.158 e. The second kappa shape index (κ2) is 9.86. The molecule has 0 unspecified atom stereocenters. The van der Waals surface area contributed by atoms with E-state index in [9.17, 15) is 8.42 Å². The molecule has 1 aliphatic rings. The summed E-state index contributed by atoms with van der Waals surface area (Å²) in [4.78, 5) is 10.2. The molecule has 0 atom stereocenters. The molecule has 4 aromatic rings. The van der Waals surface area contributed by atoms with Gasteiger partial charge in [0.2, 0.25) is 0 Å². The van der Waals surface area contributed by atoms with Crippen molar-refractivity contribution in [2.45, 2.75) is 39.5 Å². The summed E-state index contributed by atoms with van der Waals surface area (Å²) in [5.74, 6) is 1.93. The number of piperidine rings is 1. The van der Waals surface area contributed by atoms with Crippen LogP contribution in [0, 0.1) is 12.8 Å². The quantitative estimate of drug-likeness (QED) is 0.377. The molecule has 0 bridgehead atoms. The van der Waals surface area contributed by atoms with Gasteiger partial charge in [-0.3, -0.25) is 0 Å². The van der Waals surface area contributed by atoms with Crippen molar-refractivity contribution in [2.24, 2.45) is 5.92 Å². The molecule has 0 aliphatic carbocycles. The number of nitrogens with one attached hydrogen (secondary N) is 1. The van der Waals surface area contributed by atoms with Gasteiger partial charge in [0.15, 0.2) is 5.65 Å². The van der Waals surface area contributed by atoms with Gasteiger partial charge in [0.05, 0.1) is 18.1 Å². The zero-order valence-corrected chi connectivity index (χ0v) is 22.3. The van der Waals surface area contributed by atoms with Gasteiger partial charge in [0, 0.05) is 35.5 Å². The van der Waals surface area contributed by atoms with E-state index in [4.69, 9.17) is 4.74 Å². The molecule has 9 heteroatoms. The summed E-state index contributed by atoms with van der Waals surface area (Å²) in [7, 11) is -2.91. The van der Waals surface area contributed by atoms with E-state index in [1.54, 1.807) is 6.33 Å². The molecule has 8 nitrogen and oxygen atoms in total. The summed E-state index contributed by atoms with van der Waals surface area (Å²) in [6.45, 7) is 9.67. The van der Waals surface area contributed by atoms with Gasteiger partial charge in [-0.1, -0.05) is 13.8 Å². The first-order valence-corrected chi connectivity index (χ1v) is 14.7. The maximum absolute atomic E-state index is 11.4. The number of sulfone groups is 1. The van der Waals surface area contributed by atoms with Crippen molar-refractivity contribution < 1.29 is 13.2 Å². The number of aromatic nitrogens is 4. The largest absolute Gasteiger partial charge is 0.493 e. The second-order valence-electron chi connectivity index (χ2n) is 10.4. The molecule has 5 rings (SSSR count). The molecule has 192 valence electrons. The van der Waals surface area contributed by atoms with E-state index in [1.807, 2.05) is 16.8 Å². The number of pyridine rings is 1. The normalized spacial score (nSPS) is 15.9. The van der Waals surface area contributed by atoms with Crippen LogP contribution in [0.5, 0.6) is 5.75 Å². The molecule has 3 aromatic heterocycles. The number of nitrogens with zero attached hydrogens (tertiary/aromatic N) is 4. The Hall–Kier alpha value is -2.91. The summed E-state index contributed by atoms with van der Waals surface area (Å²) < 4.78 is 31.0. The molecule has 0 amide bonds. The zero-order chi connectivity index (χ0) is 25.4. The van der Waals surface area contributed by atoms with E-state index < -0.39 is 9.84 Å². The van der Waals surface area contributed by atoms with Crippen molar-refractivity contribution in [2.75, 3.05) is 38.2 Å². The molecule has 0 spiro atoms. The summed E-state index contributed by atoms with van der Waals surface area (Å²) >= 11 is 0. The van der Waals surface area contributed by atoms with Crippen LogP contribution in [0.15, 0.2) is 36.8 Å². The number of hydrogen-bond donors (Lipinski definition) is 1. The zero-order valence-electron chi connectivity index (χ0n) is 21.5. The lowest BCUT2D eigenvalue weighted by molar-refractivity contribution is 0.146. The number of H-pyrrole nitrogens is 1. The van der Waals surface area contributed by atoms with Crippen molar-refractivity contribution >= 4 is 26.4 Å². The molecule has 1 N–H and O–H groups in total. The highest BCUT2D eigenvalue weighted by Gasteiger charge is 2.22. The predicted octanol–water partition coefficient (Wildman–Crippen LogP) is 4.44. The number of benzene rings is 1.